The summed E-state index contributed by atoms with van der Waals surface area (Å²) in [5.74, 6) is 0. The number of rotatable bonds is 9. The topological polar surface area (TPSA) is 30.5 Å². The van der Waals surface area contributed by atoms with Gasteiger partial charge in [-0.2, -0.15) is 0 Å². The summed E-state index contributed by atoms with van der Waals surface area (Å²) in [7, 11) is 0. The molecular formula is C15H24BrNO2. The number of nitrogens with one attached hydrogen (secondary N) is 1. The van der Waals surface area contributed by atoms with E-state index in [1.807, 2.05) is 32.0 Å². The minimum atomic E-state index is 0.0333. The molecule has 0 aliphatic carbocycles. The molecule has 0 heterocycles. The lowest BCUT2D eigenvalue weighted by molar-refractivity contribution is -0.0470. The van der Waals surface area contributed by atoms with Gasteiger partial charge in [0.1, 0.15) is 0 Å². The van der Waals surface area contributed by atoms with E-state index in [9.17, 15) is 0 Å². The minimum Gasteiger partial charge on any atom is -0.379 e. The van der Waals surface area contributed by atoms with Crippen LogP contribution in [0.4, 0.5) is 0 Å². The van der Waals surface area contributed by atoms with E-state index < -0.39 is 0 Å². The molecule has 0 spiro atoms. The first-order chi connectivity index (χ1) is 9.19. The second-order valence-electron chi connectivity index (χ2n) is 4.42. The molecule has 0 aliphatic rings. The SMILES string of the molecule is CCNCC(OC(C)COCC)c1ccccc1Br. The Morgan fingerprint density at radius 2 is 2.00 bits per heavy atom. The summed E-state index contributed by atoms with van der Waals surface area (Å²) in [6.07, 6.45) is 0.113. The van der Waals surface area contributed by atoms with Crippen molar-refractivity contribution in [3.05, 3.63) is 34.3 Å². The molecule has 0 bridgehead atoms. The van der Waals surface area contributed by atoms with Crippen LogP contribution in [0.3, 0.4) is 0 Å². The predicted molar refractivity (Wildman–Crippen MR) is 82.5 cm³/mol. The summed E-state index contributed by atoms with van der Waals surface area (Å²) in [5, 5.41) is 3.35. The Hall–Kier alpha value is -0.420. The summed E-state index contributed by atoms with van der Waals surface area (Å²) in [4.78, 5) is 0. The quantitative estimate of drug-likeness (QED) is 0.751. The van der Waals surface area contributed by atoms with Crippen LogP contribution < -0.4 is 5.32 Å². The summed E-state index contributed by atoms with van der Waals surface area (Å²) in [5.41, 5.74) is 1.17. The molecule has 0 saturated heterocycles. The zero-order chi connectivity index (χ0) is 14.1. The maximum Gasteiger partial charge on any atom is 0.0964 e. The molecule has 0 radical (unpaired) electrons. The number of ether oxygens (including phenoxy) is 2. The standard InChI is InChI=1S/C15H24BrNO2/c1-4-17-10-15(19-12(3)11-18-5-2)13-8-6-7-9-14(13)16/h6-9,12,15,17H,4-5,10-11H2,1-3H3. The Labute approximate surface area is 124 Å². The first-order valence-electron chi connectivity index (χ1n) is 6.87. The summed E-state index contributed by atoms with van der Waals surface area (Å²) >= 11 is 3.59. The number of benzene rings is 1. The van der Waals surface area contributed by atoms with Crippen molar-refractivity contribution in [2.75, 3.05) is 26.3 Å². The fourth-order valence-electron chi connectivity index (χ4n) is 1.85. The summed E-state index contributed by atoms with van der Waals surface area (Å²) in [6.45, 7) is 9.23. The second kappa shape index (κ2) is 9.48. The molecule has 0 amide bonds. The number of hydrogen-bond donors (Lipinski definition) is 1. The molecule has 3 nitrogen and oxygen atoms in total. The lowest BCUT2D eigenvalue weighted by Gasteiger charge is -2.24. The van der Waals surface area contributed by atoms with Crippen molar-refractivity contribution in [1.82, 2.24) is 5.32 Å². The van der Waals surface area contributed by atoms with Crippen LogP contribution in [-0.4, -0.2) is 32.4 Å². The van der Waals surface area contributed by atoms with Gasteiger partial charge in [-0.15, -0.1) is 0 Å². The highest BCUT2D eigenvalue weighted by atomic mass is 79.9. The Morgan fingerprint density at radius 1 is 1.26 bits per heavy atom. The number of halogens is 1. The van der Waals surface area contributed by atoms with Gasteiger partial charge >= 0.3 is 0 Å². The predicted octanol–water partition coefficient (Wildman–Crippen LogP) is 3.54. The fourth-order valence-corrected chi connectivity index (χ4v) is 2.39. The molecule has 19 heavy (non-hydrogen) atoms. The van der Waals surface area contributed by atoms with Gasteiger partial charge in [-0.1, -0.05) is 41.1 Å². The monoisotopic (exact) mass is 329 g/mol. The third kappa shape index (κ3) is 6.04. The highest BCUT2D eigenvalue weighted by Crippen LogP contribution is 2.26. The van der Waals surface area contributed by atoms with Crippen LogP contribution in [0, 0.1) is 0 Å². The van der Waals surface area contributed by atoms with Crippen LogP contribution in [0.2, 0.25) is 0 Å². The van der Waals surface area contributed by atoms with E-state index in [1.54, 1.807) is 0 Å². The molecule has 1 aromatic carbocycles. The molecule has 2 atom stereocenters. The van der Waals surface area contributed by atoms with Crippen molar-refractivity contribution in [2.24, 2.45) is 0 Å². The number of hydrogen-bond acceptors (Lipinski definition) is 3. The molecule has 4 heteroatoms. The van der Waals surface area contributed by atoms with Gasteiger partial charge < -0.3 is 14.8 Å². The van der Waals surface area contributed by atoms with Crippen LogP contribution in [-0.2, 0) is 9.47 Å². The second-order valence-corrected chi connectivity index (χ2v) is 5.28. The average Bonchev–Trinajstić information content (AvgIpc) is 2.42. The summed E-state index contributed by atoms with van der Waals surface area (Å²) < 4.78 is 12.6. The zero-order valence-corrected chi connectivity index (χ0v) is 13.6. The van der Waals surface area contributed by atoms with Gasteiger partial charge in [0.2, 0.25) is 0 Å². The Balaban J connectivity index is 2.69. The third-order valence-corrected chi connectivity index (χ3v) is 3.51. The lowest BCUT2D eigenvalue weighted by atomic mass is 10.1. The van der Waals surface area contributed by atoms with Crippen molar-refractivity contribution < 1.29 is 9.47 Å². The van der Waals surface area contributed by atoms with Gasteiger partial charge in [0, 0.05) is 17.6 Å². The highest BCUT2D eigenvalue weighted by molar-refractivity contribution is 9.10. The van der Waals surface area contributed by atoms with Crippen molar-refractivity contribution in [3.8, 4) is 0 Å². The molecule has 0 fully saturated rings. The Bertz CT molecular complexity index is 360. The van der Waals surface area contributed by atoms with Crippen LogP contribution in [0.25, 0.3) is 0 Å². The summed E-state index contributed by atoms with van der Waals surface area (Å²) in [6, 6.07) is 8.20. The van der Waals surface area contributed by atoms with Gasteiger partial charge in [-0.25, -0.2) is 0 Å². The van der Waals surface area contributed by atoms with E-state index in [4.69, 9.17) is 9.47 Å². The largest absolute Gasteiger partial charge is 0.379 e. The lowest BCUT2D eigenvalue weighted by Crippen LogP contribution is -2.28. The first-order valence-corrected chi connectivity index (χ1v) is 7.66. The molecule has 1 rings (SSSR count). The number of likely N-dealkylation sites (N-methyl/N-ethyl adjacent to an activating group) is 1. The minimum absolute atomic E-state index is 0.0333. The van der Waals surface area contributed by atoms with Gasteiger partial charge in [0.05, 0.1) is 18.8 Å². The molecule has 108 valence electrons. The van der Waals surface area contributed by atoms with Gasteiger partial charge in [0.25, 0.3) is 0 Å². The first kappa shape index (κ1) is 16.6. The normalized spacial score (nSPS) is 14.3. The van der Waals surface area contributed by atoms with Gasteiger partial charge in [0.15, 0.2) is 0 Å². The molecule has 1 N–H and O–H groups in total. The molecule has 0 saturated carbocycles. The van der Waals surface area contributed by atoms with E-state index in [0.29, 0.717) is 6.61 Å². The third-order valence-electron chi connectivity index (χ3n) is 2.79. The molecule has 1 aromatic rings. The Morgan fingerprint density at radius 3 is 2.63 bits per heavy atom. The van der Waals surface area contributed by atoms with Gasteiger partial charge in [-0.3, -0.25) is 0 Å². The molecule has 0 aromatic heterocycles. The van der Waals surface area contributed by atoms with E-state index >= 15 is 0 Å². The fraction of sp³-hybridized carbons (Fsp3) is 0.600. The van der Waals surface area contributed by atoms with E-state index in [0.717, 1.165) is 24.2 Å². The van der Waals surface area contributed by atoms with Crippen LogP contribution in [0.5, 0.6) is 0 Å². The van der Waals surface area contributed by atoms with Crippen LogP contribution in [0.1, 0.15) is 32.4 Å². The van der Waals surface area contributed by atoms with E-state index in [2.05, 4.69) is 34.2 Å². The average molecular weight is 330 g/mol. The van der Waals surface area contributed by atoms with Crippen molar-refractivity contribution >= 4 is 15.9 Å². The smallest absolute Gasteiger partial charge is 0.0964 e. The maximum atomic E-state index is 6.10. The Kier molecular flexibility index (Phi) is 8.30. The van der Waals surface area contributed by atoms with E-state index in [1.165, 1.54) is 5.56 Å². The van der Waals surface area contributed by atoms with Crippen LogP contribution in [0.15, 0.2) is 28.7 Å². The van der Waals surface area contributed by atoms with Crippen molar-refractivity contribution in [1.29, 1.82) is 0 Å². The maximum absolute atomic E-state index is 6.10. The highest BCUT2D eigenvalue weighted by Gasteiger charge is 2.17. The van der Waals surface area contributed by atoms with Crippen molar-refractivity contribution in [3.63, 3.8) is 0 Å². The zero-order valence-electron chi connectivity index (χ0n) is 12.0. The molecule has 2 unspecified atom stereocenters. The van der Waals surface area contributed by atoms with E-state index in [-0.39, 0.29) is 12.2 Å². The van der Waals surface area contributed by atoms with Crippen LogP contribution >= 0.6 is 15.9 Å². The molecular weight excluding hydrogens is 306 g/mol. The van der Waals surface area contributed by atoms with Gasteiger partial charge in [-0.05, 0) is 32.0 Å². The van der Waals surface area contributed by atoms with Crippen molar-refractivity contribution in [2.45, 2.75) is 33.0 Å². The molecule has 0 aliphatic heterocycles.